The van der Waals surface area contributed by atoms with Crippen LogP contribution in [-0.4, -0.2) is 74.6 Å². The largest absolute Gasteiger partial charge is 0.545 e. The Morgan fingerprint density at radius 3 is 2.29 bits per heavy atom. The van der Waals surface area contributed by atoms with Crippen molar-refractivity contribution in [1.29, 1.82) is 0 Å². The highest BCUT2D eigenvalue weighted by molar-refractivity contribution is 6.30. The Kier molecular flexibility index (Phi) is 11.8. The molecular weight excluding hydrogens is 890 g/mol. The SMILES string of the molecule is COc1ccc2c(c1)c(CC(=O)NCCCCNC(=O)c1ccc(C(=O)[O-])c(C3=c4cc5c6c(c4Oc4c3cc3c7c4CCCN7CCC3)CCC[N+]=6CCC5)c1)c(C)n2C(=O)c1ccc(Cl)cc1. The van der Waals surface area contributed by atoms with Gasteiger partial charge >= 0.3 is 0 Å². The lowest BCUT2D eigenvalue weighted by Crippen LogP contribution is -2.45. The van der Waals surface area contributed by atoms with E-state index in [0.717, 1.165) is 116 Å². The first-order chi connectivity index (χ1) is 33.6. The summed E-state index contributed by atoms with van der Waals surface area (Å²) in [5.74, 6) is 0.195. The summed E-state index contributed by atoms with van der Waals surface area (Å²) in [4.78, 5) is 56.7. The Morgan fingerprint density at radius 1 is 0.783 bits per heavy atom. The zero-order valence-electron chi connectivity index (χ0n) is 39.0. The molecule has 0 radical (unpaired) electrons. The summed E-state index contributed by atoms with van der Waals surface area (Å²) in [7, 11) is 1.58. The molecule has 5 aliphatic heterocycles. The number of nitrogens with one attached hydrogen (secondary N) is 2. The number of carboxylic acid groups (broad SMARTS) is 1. The minimum absolute atomic E-state index is 0.0316. The summed E-state index contributed by atoms with van der Waals surface area (Å²) >= 11 is 6.10. The molecule has 352 valence electrons. The first-order valence-electron chi connectivity index (χ1n) is 24.4. The maximum absolute atomic E-state index is 14.0. The van der Waals surface area contributed by atoms with Crippen molar-refractivity contribution in [2.75, 3.05) is 51.3 Å². The van der Waals surface area contributed by atoms with E-state index in [1.165, 1.54) is 39.4 Å². The second-order valence-electron chi connectivity index (χ2n) is 19.0. The molecule has 0 fully saturated rings. The number of methoxy groups -OCH3 is 1. The molecule has 1 aromatic heterocycles. The number of anilines is 1. The lowest BCUT2D eigenvalue weighted by atomic mass is 9.81. The van der Waals surface area contributed by atoms with E-state index in [2.05, 4.69) is 32.2 Å². The van der Waals surface area contributed by atoms with Crippen LogP contribution in [-0.2, 0) is 36.9 Å². The first kappa shape index (κ1) is 44.6. The Labute approximate surface area is 405 Å². The van der Waals surface area contributed by atoms with Gasteiger partial charge in [-0.15, -0.1) is 0 Å². The third kappa shape index (κ3) is 7.92. The molecule has 2 amide bonds. The number of halogens is 1. The van der Waals surface area contributed by atoms with Crippen molar-refractivity contribution < 1.29 is 33.8 Å². The second kappa shape index (κ2) is 18.2. The lowest BCUT2D eigenvalue weighted by molar-refractivity contribution is -0.255. The van der Waals surface area contributed by atoms with Crippen LogP contribution in [0.15, 0.2) is 72.8 Å². The van der Waals surface area contributed by atoms with Gasteiger partial charge in [0.2, 0.25) is 11.3 Å². The van der Waals surface area contributed by atoms with Crippen LogP contribution in [0.5, 0.6) is 17.2 Å². The molecule has 0 bridgehead atoms. The number of hydrogen-bond donors (Lipinski definition) is 2. The van der Waals surface area contributed by atoms with Gasteiger partial charge in [0.25, 0.3) is 11.8 Å². The molecule has 69 heavy (non-hydrogen) atoms. The molecule has 0 aliphatic carbocycles. The van der Waals surface area contributed by atoms with E-state index in [1.54, 1.807) is 54.1 Å². The molecule has 0 unspecified atom stereocenters. The molecule has 5 aromatic carbocycles. The number of aromatic nitrogens is 1. The Balaban J connectivity index is 0.832. The summed E-state index contributed by atoms with van der Waals surface area (Å²) in [5, 5.41) is 22.6. The number of rotatable bonds is 12. The van der Waals surface area contributed by atoms with Gasteiger partial charge in [-0.05, 0) is 142 Å². The molecule has 2 N–H and O–H groups in total. The van der Waals surface area contributed by atoms with Gasteiger partial charge < -0.3 is 34.9 Å². The number of benzene rings is 5. The van der Waals surface area contributed by atoms with Gasteiger partial charge in [0.1, 0.15) is 30.3 Å². The average Bonchev–Trinajstić information content (AvgIpc) is 3.63. The molecule has 0 atom stereocenters. The standard InChI is InChI=1S/C56H54ClN5O7/c1-32-42(43-30-38(68-2)18-20-47(43)62(32)55(65)33-13-16-37(57)17-14-33)31-48(63)58-21-3-4-22-59-54(64)36-15-19-39(56(66)67)44(29-36)49-45-27-34-9-5-23-60-25-7-11-40(50(34)60)52(45)69-53-41-12-8-26-61-24-6-10-35(51(41)61)28-46(49)53/h13-20,27-30H,3-12,21-26,31H2,1-2H3,(H2-,58,59,63,64,66,67). The number of amides is 2. The van der Waals surface area contributed by atoms with Crippen molar-refractivity contribution in [3.05, 3.63) is 150 Å². The highest BCUT2D eigenvalue weighted by atomic mass is 35.5. The van der Waals surface area contributed by atoms with Crippen molar-refractivity contribution in [2.45, 2.75) is 77.6 Å². The quantitative estimate of drug-likeness (QED) is 0.113. The zero-order chi connectivity index (χ0) is 47.5. The smallest absolute Gasteiger partial charge is 0.262 e. The number of fused-ring (bicyclic) bond motifs is 5. The predicted octanol–water partition coefficient (Wildman–Crippen LogP) is 5.97. The molecule has 5 aliphatic rings. The molecule has 0 spiro atoms. The van der Waals surface area contributed by atoms with Gasteiger partial charge in [0.15, 0.2) is 0 Å². The molecule has 0 saturated carbocycles. The summed E-state index contributed by atoms with van der Waals surface area (Å²) in [6, 6.07) is 21.4. The Morgan fingerprint density at radius 2 is 1.51 bits per heavy atom. The van der Waals surface area contributed by atoms with E-state index in [9.17, 15) is 24.3 Å². The number of aromatic carboxylic acids is 1. The van der Waals surface area contributed by atoms with Gasteiger partial charge in [-0.1, -0.05) is 17.7 Å². The highest BCUT2D eigenvalue weighted by Gasteiger charge is 2.36. The highest BCUT2D eigenvalue weighted by Crippen LogP contribution is 2.49. The fourth-order valence-corrected chi connectivity index (χ4v) is 11.8. The Bertz CT molecular complexity index is 3290. The number of carboxylic acids is 1. The van der Waals surface area contributed by atoms with Crippen molar-refractivity contribution in [2.24, 2.45) is 0 Å². The number of carbonyl (C=O) groups is 4. The van der Waals surface area contributed by atoms with Crippen LogP contribution < -0.4 is 45.3 Å². The number of nitrogens with zero attached hydrogens (tertiary/aromatic N) is 3. The summed E-state index contributed by atoms with van der Waals surface area (Å²) in [6.07, 6.45) is 9.01. The lowest BCUT2D eigenvalue weighted by Gasteiger charge is -2.39. The van der Waals surface area contributed by atoms with E-state index in [0.29, 0.717) is 64.6 Å². The van der Waals surface area contributed by atoms with Gasteiger partial charge in [-0.25, -0.2) is 4.58 Å². The van der Waals surface area contributed by atoms with Crippen molar-refractivity contribution in [3.8, 4) is 17.2 Å². The second-order valence-corrected chi connectivity index (χ2v) is 19.4. The Hall–Kier alpha value is -6.92. The van der Waals surface area contributed by atoms with Gasteiger partial charge in [0, 0.05) is 105 Å². The number of unbranched alkanes of at least 4 members (excludes halogenated alkanes) is 1. The van der Waals surface area contributed by atoms with Crippen LogP contribution in [0.4, 0.5) is 5.69 Å². The molecule has 0 saturated heterocycles. The number of carbonyl (C=O) groups excluding carboxylic acids is 4. The van der Waals surface area contributed by atoms with Crippen molar-refractivity contribution in [3.63, 3.8) is 0 Å². The van der Waals surface area contributed by atoms with Crippen molar-refractivity contribution >= 4 is 57.5 Å². The normalized spacial score (nSPS) is 15.4. The summed E-state index contributed by atoms with van der Waals surface area (Å²) in [6.45, 7) is 6.63. The number of hydrogen-bond acceptors (Lipinski definition) is 8. The van der Waals surface area contributed by atoms with Crippen LogP contribution in [0.25, 0.3) is 16.5 Å². The molecule has 6 heterocycles. The van der Waals surface area contributed by atoms with Crippen LogP contribution in [0, 0.1) is 6.92 Å². The van der Waals surface area contributed by atoms with Gasteiger partial charge in [-0.2, -0.15) is 0 Å². The average molecular weight is 945 g/mol. The van der Waals surface area contributed by atoms with Crippen LogP contribution in [0.2, 0.25) is 5.02 Å². The van der Waals surface area contributed by atoms with Crippen LogP contribution >= 0.6 is 11.6 Å². The molecule has 13 heteroatoms. The van der Waals surface area contributed by atoms with Crippen LogP contribution in [0.3, 0.4) is 0 Å². The fraction of sp³-hybridized carbons (Fsp3) is 0.339. The fourth-order valence-electron chi connectivity index (χ4n) is 11.7. The molecular formula is C56H54ClN5O7. The third-order valence-electron chi connectivity index (χ3n) is 14.8. The van der Waals surface area contributed by atoms with E-state index >= 15 is 0 Å². The predicted molar refractivity (Wildman–Crippen MR) is 264 cm³/mol. The van der Waals surface area contributed by atoms with Crippen molar-refractivity contribution in [1.82, 2.24) is 19.8 Å². The van der Waals surface area contributed by atoms with Crippen LogP contribution in [0.1, 0.15) is 114 Å². The van der Waals surface area contributed by atoms with E-state index < -0.39 is 5.97 Å². The molecule has 6 aromatic rings. The molecule has 11 rings (SSSR count). The number of ether oxygens (including phenoxy) is 2. The maximum atomic E-state index is 14.0. The van der Waals surface area contributed by atoms with E-state index in [4.69, 9.17) is 21.1 Å². The van der Waals surface area contributed by atoms with Gasteiger partial charge in [0.05, 0.1) is 30.6 Å². The minimum atomic E-state index is -1.30. The topological polar surface area (TPSA) is 145 Å². The van der Waals surface area contributed by atoms with E-state index in [1.807, 2.05) is 19.1 Å². The summed E-state index contributed by atoms with van der Waals surface area (Å²) < 4.78 is 16.8. The maximum Gasteiger partial charge on any atom is 0.262 e. The monoisotopic (exact) mass is 943 g/mol. The number of aryl methyl sites for hydroxylation is 2. The first-order valence-corrected chi connectivity index (χ1v) is 24.8. The molecule has 12 nitrogen and oxygen atoms in total. The zero-order valence-corrected chi connectivity index (χ0v) is 39.8. The third-order valence-corrected chi connectivity index (χ3v) is 15.1. The minimum Gasteiger partial charge on any atom is -0.545 e. The van der Waals surface area contributed by atoms with Gasteiger partial charge in [-0.3, -0.25) is 19.0 Å². The van der Waals surface area contributed by atoms with E-state index in [-0.39, 0.29) is 29.7 Å². The summed E-state index contributed by atoms with van der Waals surface area (Å²) in [5.41, 5.74) is 11.2.